The monoisotopic (exact) mass is 748 g/mol. The van der Waals surface area contributed by atoms with Crippen LogP contribution in [0.5, 0.6) is 11.5 Å². The van der Waals surface area contributed by atoms with Gasteiger partial charge in [-0.25, -0.2) is 4.79 Å². The van der Waals surface area contributed by atoms with E-state index in [4.69, 9.17) is 23.7 Å². The number of aryl methyl sites for hydroxylation is 3. The Labute approximate surface area is 316 Å². The minimum atomic E-state index is -1.38. The van der Waals surface area contributed by atoms with E-state index in [1.54, 1.807) is 49.4 Å². The summed E-state index contributed by atoms with van der Waals surface area (Å²) >= 11 is 0. The van der Waals surface area contributed by atoms with Gasteiger partial charge in [-0.3, -0.25) is 19.5 Å². The van der Waals surface area contributed by atoms with Crippen molar-refractivity contribution in [2.45, 2.75) is 50.9 Å². The Morgan fingerprint density at radius 2 is 1.62 bits per heavy atom. The van der Waals surface area contributed by atoms with Gasteiger partial charge in [0.25, 0.3) is 11.6 Å². The maximum Gasteiger partial charge on any atom is 0.351 e. The molecule has 1 amide bonds. The summed E-state index contributed by atoms with van der Waals surface area (Å²) in [6, 6.07) is 26.1. The van der Waals surface area contributed by atoms with Crippen LogP contribution in [0.15, 0.2) is 102 Å². The van der Waals surface area contributed by atoms with Gasteiger partial charge in [0.05, 0.1) is 24.7 Å². The number of nitrogens with one attached hydrogen (secondary N) is 1. The normalized spacial score (nSPS) is 19.6. The summed E-state index contributed by atoms with van der Waals surface area (Å²) in [6.07, 6.45) is -3.04. The smallest absolute Gasteiger partial charge is 0.351 e. The Morgan fingerprint density at radius 3 is 2.24 bits per heavy atom. The molecular formula is C41H40N4O10. The number of ether oxygens (including phenoxy) is 5. The number of rotatable bonds is 12. The number of methoxy groups -OCH3 is 1. The van der Waals surface area contributed by atoms with Crippen LogP contribution in [0.1, 0.15) is 50.0 Å². The number of carbonyl (C=O) groups is 1. The second kappa shape index (κ2) is 15.5. The van der Waals surface area contributed by atoms with E-state index < -0.39 is 46.7 Å². The number of fused-ring (bicyclic) bond motifs is 2. The number of carbonyl (C=O) groups excluding carboxylic acids is 1. The summed E-state index contributed by atoms with van der Waals surface area (Å²) in [5.41, 5.74) is 2.39. The van der Waals surface area contributed by atoms with Crippen molar-refractivity contribution in [2.24, 2.45) is 0 Å². The molecule has 284 valence electrons. The number of nitrogens with zero attached hydrogens (tertiary/aromatic N) is 3. The molecule has 0 spiro atoms. The zero-order chi connectivity index (χ0) is 38.9. The number of hydrogen-bond donors (Lipinski definition) is 2. The predicted octanol–water partition coefficient (Wildman–Crippen LogP) is 5.73. The first-order chi connectivity index (χ1) is 26.5. The summed E-state index contributed by atoms with van der Waals surface area (Å²) in [5.74, 6) is 0.708. The van der Waals surface area contributed by atoms with E-state index in [1.165, 1.54) is 30.0 Å². The van der Waals surface area contributed by atoms with Gasteiger partial charge < -0.3 is 34.1 Å². The fourth-order valence-corrected chi connectivity index (χ4v) is 7.03. The standard InChI is InChI=1S/C41H40N4O10/c1-24-10-16-32-30(20-24)41(28-12-14-29(15-13-28)45(49)50,31-21-25(2)11-17-33(31)54-32)53-23-34-35(46)36(52-19-18-51-4)39(55-34)44-22-26(3)37(43-40(44)48)42-38(47)27-8-6-5-7-9-27/h5-17,20-22,34-36,39,46H,18-19,23H2,1-4H3,(H,42,43,47,48)/t34-,35-,36-,39-/m1/s1. The zero-order valence-corrected chi connectivity index (χ0v) is 30.6. The van der Waals surface area contributed by atoms with Gasteiger partial charge in [-0.15, -0.1) is 0 Å². The molecule has 55 heavy (non-hydrogen) atoms. The summed E-state index contributed by atoms with van der Waals surface area (Å²) < 4.78 is 32.4. The number of amides is 1. The second-order valence-corrected chi connectivity index (χ2v) is 13.6. The lowest BCUT2D eigenvalue weighted by Crippen LogP contribution is -2.42. The molecule has 0 radical (unpaired) electrons. The van der Waals surface area contributed by atoms with E-state index in [0.29, 0.717) is 39.3 Å². The van der Waals surface area contributed by atoms with Crippen LogP contribution < -0.4 is 15.7 Å². The molecule has 0 aliphatic carbocycles. The van der Waals surface area contributed by atoms with Gasteiger partial charge in [-0.05, 0) is 74.9 Å². The zero-order valence-electron chi connectivity index (χ0n) is 30.6. The van der Waals surface area contributed by atoms with Gasteiger partial charge in [0.2, 0.25) is 0 Å². The van der Waals surface area contributed by atoms with Crippen molar-refractivity contribution in [1.82, 2.24) is 9.55 Å². The summed E-state index contributed by atoms with van der Waals surface area (Å²) in [6.45, 7) is 5.65. The van der Waals surface area contributed by atoms with E-state index in [-0.39, 0.29) is 31.3 Å². The summed E-state index contributed by atoms with van der Waals surface area (Å²) in [7, 11) is 1.52. The fraction of sp³-hybridized carbons (Fsp3) is 0.293. The largest absolute Gasteiger partial charge is 0.457 e. The molecule has 4 aromatic carbocycles. The van der Waals surface area contributed by atoms with Crippen molar-refractivity contribution < 1.29 is 38.5 Å². The van der Waals surface area contributed by atoms with Gasteiger partial charge in [-0.2, -0.15) is 4.98 Å². The van der Waals surface area contributed by atoms with Gasteiger partial charge in [0.1, 0.15) is 35.6 Å². The van der Waals surface area contributed by atoms with E-state index in [1.807, 2.05) is 50.2 Å². The summed E-state index contributed by atoms with van der Waals surface area (Å²) in [5, 5.41) is 26.2. The van der Waals surface area contributed by atoms with Crippen LogP contribution in [-0.2, 0) is 24.5 Å². The first kappa shape index (κ1) is 37.5. The third-order valence-electron chi connectivity index (χ3n) is 9.78. The van der Waals surface area contributed by atoms with Crippen LogP contribution in [0.2, 0.25) is 0 Å². The number of aliphatic hydroxyl groups is 1. The average molecular weight is 749 g/mol. The highest BCUT2D eigenvalue weighted by Crippen LogP contribution is 2.53. The third kappa shape index (κ3) is 7.25. The van der Waals surface area contributed by atoms with Crippen LogP contribution in [0.4, 0.5) is 11.5 Å². The maximum atomic E-state index is 13.6. The Bertz CT molecular complexity index is 2230. The first-order valence-electron chi connectivity index (χ1n) is 17.7. The van der Waals surface area contributed by atoms with Crippen molar-refractivity contribution in [3.63, 3.8) is 0 Å². The minimum absolute atomic E-state index is 0.0813. The predicted molar refractivity (Wildman–Crippen MR) is 201 cm³/mol. The number of aromatic nitrogens is 2. The molecule has 14 nitrogen and oxygen atoms in total. The molecule has 4 atom stereocenters. The Morgan fingerprint density at radius 1 is 0.964 bits per heavy atom. The molecular weight excluding hydrogens is 708 g/mol. The molecule has 7 rings (SSSR count). The molecule has 14 heteroatoms. The number of anilines is 1. The highest BCUT2D eigenvalue weighted by molar-refractivity contribution is 6.04. The van der Waals surface area contributed by atoms with Crippen molar-refractivity contribution >= 4 is 17.4 Å². The van der Waals surface area contributed by atoms with Gasteiger partial charge in [0, 0.05) is 47.7 Å². The number of non-ortho nitro benzene ring substituents is 1. The second-order valence-electron chi connectivity index (χ2n) is 13.6. The van der Waals surface area contributed by atoms with E-state index in [0.717, 1.165) is 11.1 Å². The van der Waals surface area contributed by atoms with E-state index >= 15 is 0 Å². The van der Waals surface area contributed by atoms with E-state index in [2.05, 4.69) is 10.3 Å². The Kier molecular flexibility index (Phi) is 10.6. The number of aliphatic hydroxyl groups excluding tert-OH is 1. The molecule has 1 fully saturated rings. The SMILES string of the molecule is COCCO[C@@H]1[C@H](O)[C@@H](COC2(c3ccc([N+](=O)[O-])cc3)c3cc(C)ccc3Oc3ccc(C)cc32)O[C@H]1n1cc(C)c(NC(=O)c2ccccc2)nc1=O. The van der Waals surface area contributed by atoms with Crippen LogP contribution >= 0.6 is 0 Å². The highest BCUT2D eigenvalue weighted by atomic mass is 16.6. The topological polar surface area (TPSA) is 174 Å². The maximum absolute atomic E-state index is 13.6. The molecule has 0 bridgehead atoms. The molecule has 0 unspecified atom stereocenters. The molecule has 1 aromatic heterocycles. The average Bonchev–Trinajstić information content (AvgIpc) is 3.49. The lowest BCUT2D eigenvalue weighted by atomic mass is 9.76. The van der Waals surface area contributed by atoms with Crippen molar-refractivity contribution in [2.75, 3.05) is 32.2 Å². The lowest BCUT2D eigenvalue weighted by molar-refractivity contribution is -0.384. The number of benzene rings is 4. The number of nitro benzene ring substituents is 1. The lowest BCUT2D eigenvalue weighted by Gasteiger charge is -2.41. The Hall–Kier alpha value is -5.77. The van der Waals surface area contributed by atoms with Gasteiger partial charge >= 0.3 is 5.69 Å². The van der Waals surface area contributed by atoms with Crippen molar-refractivity contribution in [1.29, 1.82) is 0 Å². The van der Waals surface area contributed by atoms with Crippen LogP contribution in [0.3, 0.4) is 0 Å². The quantitative estimate of drug-likeness (QED) is 0.0906. The molecule has 5 aromatic rings. The van der Waals surface area contributed by atoms with Crippen molar-refractivity contribution in [3.8, 4) is 11.5 Å². The minimum Gasteiger partial charge on any atom is -0.457 e. The highest BCUT2D eigenvalue weighted by Gasteiger charge is 2.50. The van der Waals surface area contributed by atoms with Crippen LogP contribution in [-0.4, -0.2) is 70.7 Å². The molecule has 2 aliphatic rings. The number of hydrogen-bond acceptors (Lipinski definition) is 11. The molecule has 3 heterocycles. The van der Waals surface area contributed by atoms with Crippen LogP contribution in [0.25, 0.3) is 0 Å². The molecule has 2 N–H and O–H groups in total. The third-order valence-corrected chi connectivity index (χ3v) is 9.78. The summed E-state index contributed by atoms with van der Waals surface area (Å²) in [4.78, 5) is 41.8. The molecule has 0 saturated carbocycles. The van der Waals surface area contributed by atoms with Crippen LogP contribution in [0, 0.1) is 30.9 Å². The molecule has 1 saturated heterocycles. The van der Waals surface area contributed by atoms with Gasteiger partial charge in [0.15, 0.2) is 11.8 Å². The Balaban J connectivity index is 1.26. The molecule has 2 aliphatic heterocycles. The van der Waals surface area contributed by atoms with Gasteiger partial charge in [-0.1, -0.05) is 41.5 Å². The van der Waals surface area contributed by atoms with E-state index in [9.17, 15) is 24.8 Å². The first-order valence-corrected chi connectivity index (χ1v) is 17.7. The number of nitro groups is 1. The fourth-order valence-electron chi connectivity index (χ4n) is 7.03. The van der Waals surface area contributed by atoms with Crippen molar-refractivity contribution in [3.05, 3.63) is 157 Å².